The van der Waals surface area contributed by atoms with Gasteiger partial charge in [0.05, 0.1) is 11.5 Å². The molecule has 1 unspecified atom stereocenters. The van der Waals surface area contributed by atoms with Gasteiger partial charge in [-0.05, 0) is 23.6 Å². The molecule has 0 heterocycles. The van der Waals surface area contributed by atoms with Crippen LogP contribution in [-0.4, -0.2) is 23.1 Å². The van der Waals surface area contributed by atoms with Gasteiger partial charge in [0, 0.05) is 33.5 Å². The molecule has 1 aromatic rings. The molecule has 7 nitrogen and oxygen atoms in total. The van der Waals surface area contributed by atoms with E-state index in [1.54, 1.807) is 6.92 Å². The van der Waals surface area contributed by atoms with Crippen LogP contribution in [0.3, 0.4) is 0 Å². The van der Waals surface area contributed by atoms with E-state index in [1.165, 1.54) is 30.5 Å². The van der Waals surface area contributed by atoms with Crippen molar-refractivity contribution in [3.05, 3.63) is 39.3 Å². The van der Waals surface area contributed by atoms with Crippen molar-refractivity contribution < 1.29 is 14.5 Å². The Morgan fingerprint density at radius 2 is 2.00 bits per heavy atom. The summed E-state index contributed by atoms with van der Waals surface area (Å²) < 4.78 is 7.67. The number of non-ortho nitro benzene ring substituents is 1. The average Bonchev–Trinajstić information content (AvgIpc) is 2.38. The first kappa shape index (κ1) is 14.1. The molecular formula is C10H12N2O5S. The van der Waals surface area contributed by atoms with Crippen molar-refractivity contribution in [3.8, 4) is 0 Å². The van der Waals surface area contributed by atoms with Crippen LogP contribution in [0.1, 0.15) is 6.92 Å². The molecule has 0 fully saturated rings. The summed E-state index contributed by atoms with van der Waals surface area (Å²) in [5, 5.41) is 9.80. The normalized spacial score (nSPS) is 15.2. The molecule has 0 aliphatic rings. The lowest BCUT2D eigenvalue weighted by molar-refractivity contribution is -0.384. The van der Waals surface area contributed by atoms with Crippen molar-refractivity contribution in [3.63, 3.8) is 0 Å². The second kappa shape index (κ2) is 5.58. The van der Waals surface area contributed by atoms with Crippen LogP contribution in [-0.2, 0) is 4.74 Å². The van der Waals surface area contributed by atoms with Gasteiger partial charge in [0.15, 0.2) is 0 Å². The monoisotopic (exact) mass is 272 g/mol. The lowest BCUT2D eigenvalue weighted by Gasteiger charge is -2.24. The number of hydrogen-bond donors (Lipinski definition) is 0. The van der Waals surface area contributed by atoms with E-state index < -0.39 is 20.4 Å². The third-order valence-corrected chi connectivity index (χ3v) is 4.50. The maximum atomic E-state index is 11.7. The van der Waals surface area contributed by atoms with Gasteiger partial charge in [-0.1, -0.05) is 0 Å². The summed E-state index contributed by atoms with van der Waals surface area (Å²) in [5.41, 5.74) is -0.116. The molecule has 1 aromatic carbocycles. The minimum atomic E-state index is -2.65. The summed E-state index contributed by atoms with van der Waals surface area (Å²) in [6, 6.07) is 5.16. The first-order valence-electron chi connectivity index (χ1n) is 5.00. The summed E-state index contributed by atoms with van der Waals surface area (Å²) in [4.78, 5) is 32.9. The molecule has 0 spiro atoms. The number of ether oxygens (including phenoxy) is 1. The second-order valence-electron chi connectivity index (χ2n) is 3.38. The van der Waals surface area contributed by atoms with Crippen molar-refractivity contribution in [1.29, 1.82) is 0 Å². The standard InChI is InChI=1S/C10H12N2O5S/c1-3-17-10(13)18(2,11-14)9-6-4-8(5-7-9)12(15)16/h4-7H,3H2,1-2H3. The van der Waals surface area contributed by atoms with Crippen molar-refractivity contribution in [2.45, 2.75) is 11.8 Å². The summed E-state index contributed by atoms with van der Waals surface area (Å²) in [7, 11) is -2.65. The van der Waals surface area contributed by atoms with E-state index in [-0.39, 0.29) is 12.3 Å². The van der Waals surface area contributed by atoms with Crippen LogP contribution in [0.25, 0.3) is 0 Å². The van der Waals surface area contributed by atoms with E-state index in [0.29, 0.717) is 4.90 Å². The topological polar surface area (TPSA) is 98.9 Å². The number of carbonyl (C=O) groups excluding carboxylic acids is 1. The highest BCUT2D eigenvalue weighted by atomic mass is 32.3. The van der Waals surface area contributed by atoms with Gasteiger partial charge >= 0.3 is 5.30 Å². The van der Waals surface area contributed by atoms with Crippen LogP contribution in [0.2, 0.25) is 0 Å². The maximum Gasteiger partial charge on any atom is 0.375 e. The first-order valence-corrected chi connectivity index (χ1v) is 6.99. The number of nitroso groups, excluding NO2 is 1. The Hall–Kier alpha value is -1.96. The molecule has 0 aliphatic carbocycles. The predicted octanol–water partition coefficient (Wildman–Crippen LogP) is 3.23. The largest absolute Gasteiger partial charge is 0.457 e. The molecule has 98 valence electrons. The molecule has 0 radical (unpaired) electrons. The molecule has 0 bridgehead atoms. The Balaban J connectivity index is 3.12. The highest BCUT2D eigenvalue weighted by Crippen LogP contribution is 2.55. The number of nitrogens with zero attached hydrogens (tertiary/aromatic N) is 2. The summed E-state index contributed by atoms with van der Waals surface area (Å²) in [6.07, 6.45) is 1.39. The molecule has 0 aromatic heterocycles. The fraction of sp³-hybridized carbons (Fsp3) is 0.300. The molecule has 8 heteroatoms. The lowest BCUT2D eigenvalue weighted by atomic mass is 10.3. The number of rotatable bonds is 4. The van der Waals surface area contributed by atoms with Gasteiger partial charge in [-0.3, -0.25) is 10.1 Å². The van der Waals surface area contributed by atoms with Crippen LogP contribution in [0, 0.1) is 15.0 Å². The zero-order chi connectivity index (χ0) is 13.8. The zero-order valence-electron chi connectivity index (χ0n) is 9.86. The molecule has 0 amide bonds. The second-order valence-corrected chi connectivity index (χ2v) is 6.09. The van der Waals surface area contributed by atoms with Gasteiger partial charge in [-0.2, -0.15) is 0 Å². The zero-order valence-corrected chi connectivity index (χ0v) is 10.7. The molecule has 0 saturated heterocycles. The van der Waals surface area contributed by atoms with Crippen molar-refractivity contribution in [1.82, 2.24) is 0 Å². The van der Waals surface area contributed by atoms with E-state index >= 15 is 0 Å². The SMILES string of the molecule is CCOC(=O)S(C)(N=O)c1ccc([N+](=O)[O-])cc1. The fourth-order valence-corrected chi connectivity index (χ4v) is 2.59. The minimum absolute atomic E-state index is 0.116. The van der Waals surface area contributed by atoms with Crippen LogP contribution in [0.4, 0.5) is 10.5 Å². The van der Waals surface area contributed by atoms with Crippen molar-refractivity contribution >= 4 is 21.2 Å². The molecular weight excluding hydrogens is 260 g/mol. The van der Waals surface area contributed by atoms with Crippen LogP contribution >= 0.6 is 10.2 Å². The number of nitro groups is 1. The fourth-order valence-electron chi connectivity index (χ4n) is 1.24. The van der Waals surface area contributed by atoms with E-state index in [2.05, 4.69) is 4.58 Å². The Morgan fingerprint density at radius 3 is 2.39 bits per heavy atom. The molecule has 18 heavy (non-hydrogen) atoms. The Kier molecular flexibility index (Phi) is 4.38. The van der Waals surface area contributed by atoms with E-state index in [1.807, 2.05) is 0 Å². The average molecular weight is 272 g/mol. The number of carbonyl (C=O) groups is 1. The van der Waals surface area contributed by atoms with E-state index in [4.69, 9.17) is 4.74 Å². The van der Waals surface area contributed by atoms with Gasteiger partial charge < -0.3 is 4.74 Å². The Bertz CT molecular complexity index is 476. The first-order chi connectivity index (χ1) is 8.45. The number of hydrogen-bond acceptors (Lipinski definition) is 6. The molecule has 0 aliphatic heterocycles. The van der Waals surface area contributed by atoms with Crippen LogP contribution in [0.5, 0.6) is 0 Å². The summed E-state index contributed by atoms with van der Waals surface area (Å²) >= 11 is 0. The molecule has 0 N–H and O–H groups in total. The quantitative estimate of drug-likeness (QED) is 0.362. The van der Waals surface area contributed by atoms with Gasteiger partial charge in [-0.25, -0.2) is 4.79 Å². The van der Waals surface area contributed by atoms with E-state index in [9.17, 15) is 19.8 Å². The summed E-state index contributed by atoms with van der Waals surface area (Å²) in [5.74, 6) is 0. The Labute approximate surface area is 105 Å². The molecule has 0 saturated carbocycles. The van der Waals surface area contributed by atoms with Gasteiger partial charge in [0.2, 0.25) is 0 Å². The number of benzene rings is 1. The smallest absolute Gasteiger partial charge is 0.375 e. The predicted molar refractivity (Wildman–Crippen MR) is 67.7 cm³/mol. The third kappa shape index (κ3) is 2.65. The molecule has 1 atom stereocenters. The minimum Gasteiger partial charge on any atom is -0.457 e. The highest BCUT2D eigenvalue weighted by molar-refractivity contribution is 8.43. The van der Waals surface area contributed by atoms with E-state index in [0.717, 1.165) is 0 Å². The van der Waals surface area contributed by atoms with Gasteiger partial charge in [-0.15, -0.1) is 4.91 Å². The highest BCUT2D eigenvalue weighted by Gasteiger charge is 2.33. The van der Waals surface area contributed by atoms with Gasteiger partial charge in [0.1, 0.15) is 0 Å². The van der Waals surface area contributed by atoms with Gasteiger partial charge in [0.25, 0.3) is 5.69 Å². The molecule has 1 rings (SSSR count). The van der Waals surface area contributed by atoms with Crippen LogP contribution < -0.4 is 0 Å². The maximum absolute atomic E-state index is 11.7. The van der Waals surface area contributed by atoms with Crippen molar-refractivity contribution in [2.75, 3.05) is 12.9 Å². The summed E-state index contributed by atoms with van der Waals surface area (Å²) in [6.45, 7) is 1.77. The Morgan fingerprint density at radius 1 is 1.44 bits per heavy atom. The third-order valence-electron chi connectivity index (χ3n) is 2.24. The lowest BCUT2D eigenvalue weighted by Crippen LogP contribution is -2.11. The van der Waals surface area contributed by atoms with Crippen LogP contribution in [0.15, 0.2) is 33.7 Å². The van der Waals surface area contributed by atoms with Crippen molar-refractivity contribution in [2.24, 2.45) is 4.58 Å². The number of nitro benzene ring substituents is 1.